The number of carbonyl (C=O) groups excluding carboxylic acids is 2. The van der Waals surface area contributed by atoms with Gasteiger partial charge in [-0.15, -0.1) is 0 Å². The van der Waals surface area contributed by atoms with Crippen LogP contribution in [0.1, 0.15) is 33.3 Å². The standard InChI is InChI=1S/C22H32N2O6/c1-5-27-20(25)17-15-24(21(26)30-22(2,3)4)11-10-23(17)9-8-16-6-7-18-19(14-16)29-13-12-28-18/h6-7,14,17H,5,8-13,15H2,1-4H3. The molecule has 0 saturated carbocycles. The molecule has 8 heteroatoms. The molecule has 2 aliphatic rings. The second-order valence-electron chi connectivity index (χ2n) is 8.46. The molecule has 166 valence electrons. The van der Waals surface area contributed by atoms with Crippen molar-refractivity contribution in [1.82, 2.24) is 9.80 Å². The van der Waals surface area contributed by atoms with Crippen molar-refractivity contribution in [3.8, 4) is 11.5 Å². The van der Waals surface area contributed by atoms with E-state index < -0.39 is 17.7 Å². The van der Waals surface area contributed by atoms with Crippen molar-refractivity contribution in [2.75, 3.05) is 46.0 Å². The summed E-state index contributed by atoms with van der Waals surface area (Å²) in [6.45, 7) is 10.7. The molecule has 0 radical (unpaired) electrons. The van der Waals surface area contributed by atoms with Gasteiger partial charge in [-0.3, -0.25) is 9.69 Å². The third-order valence-electron chi connectivity index (χ3n) is 5.00. The van der Waals surface area contributed by atoms with Crippen LogP contribution in [-0.2, 0) is 20.7 Å². The molecule has 3 rings (SSSR count). The maximum atomic E-state index is 12.6. The summed E-state index contributed by atoms with van der Waals surface area (Å²) in [4.78, 5) is 28.7. The molecule has 1 saturated heterocycles. The number of fused-ring (bicyclic) bond motifs is 1. The number of esters is 1. The maximum absolute atomic E-state index is 12.6. The highest BCUT2D eigenvalue weighted by molar-refractivity contribution is 5.78. The minimum atomic E-state index is -0.578. The van der Waals surface area contributed by atoms with Gasteiger partial charge in [-0.2, -0.15) is 0 Å². The van der Waals surface area contributed by atoms with Crippen molar-refractivity contribution in [3.63, 3.8) is 0 Å². The largest absolute Gasteiger partial charge is 0.486 e. The molecular weight excluding hydrogens is 388 g/mol. The number of piperazine rings is 1. The van der Waals surface area contributed by atoms with Crippen molar-refractivity contribution in [1.29, 1.82) is 0 Å². The molecule has 2 heterocycles. The first-order chi connectivity index (χ1) is 14.3. The molecule has 1 fully saturated rings. The van der Waals surface area contributed by atoms with Crippen LogP contribution < -0.4 is 9.47 Å². The van der Waals surface area contributed by atoms with Crippen LogP contribution in [0.25, 0.3) is 0 Å². The van der Waals surface area contributed by atoms with Crippen LogP contribution >= 0.6 is 0 Å². The van der Waals surface area contributed by atoms with Crippen LogP contribution in [0, 0.1) is 0 Å². The summed E-state index contributed by atoms with van der Waals surface area (Å²) in [5.74, 6) is 1.21. The predicted octanol–water partition coefficient (Wildman–Crippen LogP) is 2.48. The number of hydrogen-bond donors (Lipinski definition) is 0. The zero-order valence-electron chi connectivity index (χ0n) is 18.3. The van der Waals surface area contributed by atoms with E-state index in [1.165, 1.54) is 0 Å². The van der Waals surface area contributed by atoms with E-state index in [9.17, 15) is 9.59 Å². The van der Waals surface area contributed by atoms with Crippen LogP contribution in [0.4, 0.5) is 4.79 Å². The van der Waals surface area contributed by atoms with Gasteiger partial charge < -0.3 is 23.8 Å². The Morgan fingerprint density at radius 2 is 1.87 bits per heavy atom. The summed E-state index contributed by atoms with van der Waals surface area (Å²) in [6, 6.07) is 5.42. The molecule has 0 N–H and O–H groups in total. The Labute approximate surface area is 178 Å². The Hall–Kier alpha value is -2.48. The fourth-order valence-corrected chi connectivity index (χ4v) is 3.56. The molecule has 1 atom stereocenters. The average Bonchev–Trinajstić information content (AvgIpc) is 2.71. The van der Waals surface area contributed by atoms with Gasteiger partial charge in [-0.05, 0) is 51.8 Å². The molecular formula is C22H32N2O6. The summed E-state index contributed by atoms with van der Waals surface area (Å²) in [5, 5.41) is 0. The minimum absolute atomic E-state index is 0.259. The lowest BCUT2D eigenvalue weighted by atomic mass is 10.1. The zero-order chi connectivity index (χ0) is 21.7. The second kappa shape index (κ2) is 9.55. The monoisotopic (exact) mass is 420 g/mol. The third-order valence-corrected chi connectivity index (χ3v) is 5.00. The molecule has 0 aliphatic carbocycles. The molecule has 30 heavy (non-hydrogen) atoms. The first-order valence-corrected chi connectivity index (χ1v) is 10.5. The van der Waals surface area contributed by atoms with E-state index in [1.54, 1.807) is 11.8 Å². The van der Waals surface area contributed by atoms with Gasteiger partial charge in [0.25, 0.3) is 0 Å². The topological polar surface area (TPSA) is 77.5 Å². The fraction of sp³-hybridized carbons (Fsp3) is 0.636. The summed E-state index contributed by atoms with van der Waals surface area (Å²) in [7, 11) is 0. The van der Waals surface area contributed by atoms with E-state index in [1.807, 2.05) is 39.0 Å². The van der Waals surface area contributed by atoms with Crippen molar-refractivity contribution in [3.05, 3.63) is 23.8 Å². The molecule has 1 amide bonds. The lowest BCUT2D eigenvalue weighted by Gasteiger charge is -2.40. The van der Waals surface area contributed by atoms with Crippen molar-refractivity contribution < 1.29 is 28.5 Å². The van der Waals surface area contributed by atoms with E-state index in [0.717, 1.165) is 23.5 Å². The Bertz CT molecular complexity index is 760. The highest BCUT2D eigenvalue weighted by Crippen LogP contribution is 2.31. The Morgan fingerprint density at radius 1 is 1.13 bits per heavy atom. The summed E-state index contributed by atoms with van der Waals surface area (Å²) < 4.78 is 22.0. The maximum Gasteiger partial charge on any atom is 0.410 e. The highest BCUT2D eigenvalue weighted by Gasteiger charge is 2.36. The first-order valence-electron chi connectivity index (χ1n) is 10.5. The number of hydrogen-bond acceptors (Lipinski definition) is 7. The molecule has 1 aromatic rings. The zero-order valence-corrected chi connectivity index (χ0v) is 18.3. The second-order valence-corrected chi connectivity index (χ2v) is 8.46. The van der Waals surface area contributed by atoms with Gasteiger partial charge in [0.15, 0.2) is 11.5 Å². The van der Waals surface area contributed by atoms with Gasteiger partial charge in [-0.25, -0.2) is 4.79 Å². The lowest BCUT2D eigenvalue weighted by molar-refractivity contribution is -0.151. The molecule has 1 unspecified atom stereocenters. The molecule has 0 spiro atoms. The normalized spacial score (nSPS) is 19.3. The summed E-state index contributed by atoms with van der Waals surface area (Å²) in [6.07, 6.45) is 0.349. The van der Waals surface area contributed by atoms with Crippen LogP contribution in [0.2, 0.25) is 0 Å². The van der Waals surface area contributed by atoms with Crippen LogP contribution in [0.3, 0.4) is 0 Å². The highest BCUT2D eigenvalue weighted by atomic mass is 16.6. The van der Waals surface area contributed by atoms with Gasteiger partial charge >= 0.3 is 12.1 Å². The Balaban J connectivity index is 1.64. The van der Waals surface area contributed by atoms with Crippen LogP contribution in [0.5, 0.6) is 11.5 Å². The van der Waals surface area contributed by atoms with Gasteiger partial charge in [0.1, 0.15) is 24.9 Å². The predicted molar refractivity (Wildman–Crippen MR) is 111 cm³/mol. The number of ether oxygens (including phenoxy) is 4. The number of carbonyl (C=O) groups is 2. The molecule has 0 bridgehead atoms. The van der Waals surface area contributed by atoms with Crippen LogP contribution in [0.15, 0.2) is 18.2 Å². The Kier molecular flexibility index (Phi) is 7.07. The smallest absolute Gasteiger partial charge is 0.410 e. The number of rotatable bonds is 5. The minimum Gasteiger partial charge on any atom is -0.486 e. The van der Waals surface area contributed by atoms with E-state index in [2.05, 4.69) is 4.90 Å². The van der Waals surface area contributed by atoms with Gasteiger partial charge in [0.05, 0.1) is 13.2 Å². The quantitative estimate of drug-likeness (QED) is 0.677. The first kappa shape index (κ1) is 22.2. The fourth-order valence-electron chi connectivity index (χ4n) is 3.56. The lowest BCUT2D eigenvalue weighted by Crippen LogP contribution is -2.59. The SMILES string of the molecule is CCOC(=O)C1CN(C(=O)OC(C)(C)C)CCN1CCc1ccc2c(c1)OCCO2. The number of nitrogens with zero attached hydrogens (tertiary/aromatic N) is 2. The van der Waals surface area contributed by atoms with Crippen molar-refractivity contribution >= 4 is 12.1 Å². The molecule has 2 aliphatic heterocycles. The summed E-state index contributed by atoms with van der Waals surface area (Å²) in [5.41, 5.74) is 0.530. The van der Waals surface area contributed by atoms with Gasteiger partial charge in [0, 0.05) is 19.6 Å². The average molecular weight is 421 g/mol. The van der Waals surface area contributed by atoms with E-state index in [0.29, 0.717) is 39.5 Å². The Morgan fingerprint density at radius 3 is 2.57 bits per heavy atom. The third kappa shape index (κ3) is 5.78. The molecule has 0 aromatic heterocycles. The molecule has 1 aromatic carbocycles. The van der Waals surface area contributed by atoms with E-state index in [-0.39, 0.29) is 12.5 Å². The molecule has 8 nitrogen and oxygen atoms in total. The van der Waals surface area contributed by atoms with Crippen LogP contribution in [-0.4, -0.2) is 79.5 Å². The number of benzene rings is 1. The van der Waals surface area contributed by atoms with Crippen molar-refractivity contribution in [2.24, 2.45) is 0 Å². The van der Waals surface area contributed by atoms with Gasteiger partial charge in [0.2, 0.25) is 0 Å². The van der Waals surface area contributed by atoms with E-state index in [4.69, 9.17) is 18.9 Å². The van der Waals surface area contributed by atoms with Gasteiger partial charge in [-0.1, -0.05) is 6.07 Å². The number of amides is 1. The summed E-state index contributed by atoms with van der Waals surface area (Å²) >= 11 is 0. The van der Waals surface area contributed by atoms with Crippen molar-refractivity contribution in [2.45, 2.75) is 45.8 Å². The van der Waals surface area contributed by atoms with E-state index >= 15 is 0 Å².